The van der Waals surface area contributed by atoms with Crippen molar-refractivity contribution in [3.63, 3.8) is 0 Å². The molecule has 0 bridgehead atoms. The zero-order valence-corrected chi connectivity index (χ0v) is 27.0. The first kappa shape index (κ1) is 28.9. The molecule has 40 heavy (non-hydrogen) atoms. The van der Waals surface area contributed by atoms with Crippen molar-refractivity contribution < 1.29 is 0 Å². The Hall–Kier alpha value is -2.65. The Balaban J connectivity index is 1.64. The van der Waals surface area contributed by atoms with E-state index in [9.17, 15) is 0 Å². The van der Waals surface area contributed by atoms with Crippen molar-refractivity contribution in [3.8, 4) is 0 Å². The van der Waals surface area contributed by atoms with Crippen LogP contribution in [0.1, 0.15) is 0 Å². The summed E-state index contributed by atoms with van der Waals surface area (Å²) in [5.74, 6) is 2.09. The van der Waals surface area contributed by atoms with Gasteiger partial charge in [0.25, 0.3) is 0 Å². The van der Waals surface area contributed by atoms with Gasteiger partial charge in [-0.3, -0.25) is 0 Å². The molecule has 0 unspecified atom stereocenters. The fraction of sp³-hybridized carbons (Fsp3) is 0.121. The van der Waals surface area contributed by atoms with Gasteiger partial charge in [0.05, 0.1) is 16.1 Å². The maximum atomic E-state index is 5.48. The summed E-state index contributed by atoms with van der Waals surface area (Å²) in [4.78, 5) is 5.48. The molecular formula is C33H35N3P4. The molecule has 202 valence electrons. The standard InChI is InChI=1S/C33H35N3P4/c1-37(2)35(39(28-18-9-5-10-19-28)29-20-11-6-12-21-29)32-26-17-27-33(34-32)36(38(3)4)40(30-22-13-7-14-23-30)31-24-15-8-16-25-31/h5-27H,1-4H3. The molecule has 1 aromatic heterocycles. The Morgan fingerprint density at radius 3 is 0.900 bits per heavy atom. The van der Waals surface area contributed by atoms with Gasteiger partial charge in [-0.05, 0) is 54.9 Å². The summed E-state index contributed by atoms with van der Waals surface area (Å²) in [7, 11) is -2.55. The van der Waals surface area contributed by atoms with Crippen LogP contribution >= 0.6 is 32.3 Å². The minimum Gasteiger partial charge on any atom is -0.306 e. The molecule has 0 aliphatic heterocycles. The highest BCUT2D eigenvalue weighted by molar-refractivity contribution is 7.85. The summed E-state index contributed by atoms with van der Waals surface area (Å²) >= 11 is 0. The molecule has 0 saturated heterocycles. The maximum Gasteiger partial charge on any atom is 0.138 e. The smallest absolute Gasteiger partial charge is 0.138 e. The lowest BCUT2D eigenvalue weighted by Crippen LogP contribution is -2.27. The zero-order chi connectivity index (χ0) is 27.9. The van der Waals surface area contributed by atoms with E-state index in [1.165, 1.54) is 21.2 Å². The number of nitrogens with zero attached hydrogens (tertiary/aromatic N) is 3. The van der Waals surface area contributed by atoms with Crippen molar-refractivity contribution in [2.75, 3.05) is 35.5 Å². The van der Waals surface area contributed by atoms with Gasteiger partial charge in [0.15, 0.2) is 0 Å². The molecule has 0 radical (unpaired) electrons. The van der Waals surface area contributed by atoms with Crippen LogP contribution in [-0.2, 0) is 0 Å². The molecule has 0 amide bonds. The van der Waals surface area contributed by atoms with Crippen LogP contribution in [0.5, 0.6) is 0 Å². The van der Waals surface area contributed by atoms with Crippen molar-refractivity contribution in [2.45, 2.75) is 0 Å². The monoisotopic (exact) mass is 597 g/mol. The van der Waals surface area contributed by atoms with Crippen molar-refractivity contribution >= 4 is 65.1 Å². The summed E-state index contributed by atoms with van der Waals surface area (Å²) < 4.78 is 5.19. The van der Waals surface area contributed by atoms with Crippen LogP contribution in [0.25, 0.3) is 0 Å². The molecule has 0 aliphatic rings. The second-order valence-electron chi connectivity index (χ2n) is 9.59. The Morgan fingerprint density at radius 2 is 0.650 bits per heavy atom. The summed E-state index contributed by atoms with van der Waals surface area (Å²) in [6.45, 7) is 9.37. The van der Waals surface area contributed by atoms with Crippen LogP contribution < -0.4 is 30.1 Å². The Kier molecular flexibility index (Phi) is 9.97. The molecule has 0 atom stereocenters. The Morgan fingerprint density at radius 1 is 0.375 bits per heavy atom. The zero-order valence-electron chi connectivity index (χ0n) is 23.4. The van der Waals surface area contributed by atoms with E-state index >= 15 is 0 Å². The third-order valence-electron chi connectivity index (χ3n) is 6.27. The van der Waals surface area contributed by atoms with Gasteiger partial charge in [-0.15, -0.1) is 0 Å². The Bertz CT molecular complexity index is 1280. The lowest BCUT2D eigenvalue weighted by molar-refractivity contribution is 1.27. The average Bonchev–Trinajstić information content (AvgIpc) is 3.00. The Labute approximate surface area is 244 Å². The van der Waals surface area contributed by atoms with E-state index in [4.69, 9.17) is 4.98 Å². The number of aromatic nitrogens is 1. The summed E-state index contributed by atoms with van der Waals surface area (Å²) in [6, 6.07) is 50.3. The number of hydrogen-bond acceptors (Lipinski definition) is 3. The maximum absolute atomic E-state index is 5.48. The van der Waals surface area contributed by atoms with Crippen LogP contribution in [-0.4, -0.2) is 31.6 Å². The van der Waals surface area contributed by atoms with E-state index in [0.717, 1.165) is 11.6 Å². The molecule has 3 nitrogen and oxygen atoms in total. The van der Waals surface area contributed by atoms with Gasteiger partial charge in [0.2, 0.25) is 0 Å². The molecule has 0 N–H and O–H groups in total. The minimum absolute atomic E-state index is 0.485. The van der Waals surface area contributed by atoms with E-state index in [-0.39, 0.29) is 0 Å². The highest BCUT2D eigenvalue weighted by atomic mass is 31.2. The van der Waals surface area contributed by atoms with E-state index in [2.05, 4.69) is 175 Å². The lowest BCUT2D eigenvalue weighted by atomic mass is 10.4. The average molecular weight is 598 g/mol. The largest absolute Gasteiger partial charge is 0.306 e. The van der Waals surface area contributed by atoms with E-state index in [1.807, 2.05) is 0 Å². The quantitative estimate of drug-likeness (QED) is 0.152. The fourth-order valence-corrected chi connectivity index (χ4v) is 13.7. The molecule has 1 heterocycles. The summed E-state index contributed by atoms with van der Waals surface area (Å²) in [5, 5.41) is 5.36. The topological polar surface area (TPSA) is 19.4 Å². The molecule has 5 aromatic rings. The third-order valence-corrected chi connectivity index (χ3v) is 15.7. The van der Waals surface area contributed by atoms with Gasteiger partial charge in [-0.1, -0.05) is 127 Å². The number of benzene rings is 4. The molecule has 5 rings (SSSR count). The van der Waals surface area contributed by atoms with Gasteiger partial charge < -0.3 is 8.88 Å². The molecular weight excluding hydrogens is 562 g/mol. The van der Waals surface area contributed by atoms with Gasteiger partial charge in [-0.2, -0.15) is 0 Å². The number of hydrogen-bond donors (Lipinski definition) is 0. The second kappa shape index (κ2) is 13.8. The summed E-state index contributed by atoms with van der Waals surface area (Å²) in [6.07, 6.45) is 0. The van der Waals surface area contributed by atoms with E-state index in [0.29, 0.717) is 0 Å². The van der Waals surface area contributed by atoms with Crippen LogP contribution in [0.15, 0.2) is 140 Å². The fourth-order valence-electron chi connectivity index (χ4n) is 4.62. The van der Waals surface area contributed by atoms with E-state index in [1.54, 1.807) is 0 Å². The van der Waals surface area contributed by atoms with Crippen molar-refractivity contribution in [3.05, 3.63) is 140 Å². The van der Waals surface area contributed by atoms with Crippen LogP contribution in [0.4, 0.5) is 11.6 Å². The molecule has 4 aromatic carbocycles. The minimum atomic E-state index is -0.788. The highest BCUT2D eigenvalue weighted by Gasteiger charge is 2.30. The first-order chi connectivity index (χ1) is 19.5. The second-order valence-corrected chi connectivity index (χ2v) is 18.5. The number of rotatable bonds is 10. The molecule has 0 saturated carbocycles. The predicted octanol–water partition coefficient (Wildman–Crippen LogP) is 8.10. The van der Waals surface area contributed by atoms with Crippen molar-refractivity contribution in [2.24, 2.45) is 0 Å². The normalized spacial score (nSPS) is 11.4. The SMILES string of the molecule is CP(C)N(c1cccc(N(P(C)C)P(c2ccccc2)c2ccccc2)n1)P(c1ccccc1)c1ccccc1. The van der Waals surface area contributed by atoms with Crippen LogP contribution in [0.3, 0.4) is 0 Å². The molecule has 0 aliphatic carbocycles. The van der Waals surface area contributed by atoms with Crippen molar-refractivity contribution in [1.29, 1.82) is 0 Å². The highest BCUT2D eigenvalue weighted by Crippen LogP contribution is 2.57. The first-order valence-corrected chi connectivity index (χ1v) is 20.2. The first-order valence-electron chi connectivity index (χ1n) is 13.3. The lowest BCUT2D eigenvalue weighted by Gasteiger charge is -2.39. The van der Waals surface area contributed by atoms with Crippen LogP contribution in [0.2, 0.25) is 0 Å². The van der Waals surface area contributed by atoms with Crippen molar-refractivity contribution in [1.82, 2.24) is 4.98 Å². The molecule has 0 spiro atoms. The predicted molar refractivity (Wildman–Crippen MR) is 185 cm³/mol. The van der Waals surface area contributed by atoms with Gasteiger partial charge >= 0.3 is 0 Å². The number of anilines is 2. The third kappa shape index (κ3) is 6.62. The van der Waals surface area contributed by atoms with E-state index < -0.39 is 32.3 Å². The van der Waals surface area contributed by atoms with Gasteiger partial charge in [0, 0.05) is 21.2 Å². The number of pyridine rings is 1. The van der Waals surface area contributed by atoms with Crippen LogP contribution in [0, 0.1) is 0 Å². The van der Waals surface area contributed by atoms with Gasteiger partial charge in [0.1, 0.15) is 11.6 Å². The van der Waals surface area contributed by atoms with Gasteiger partial charge in [-0.25, -0.2) is 4.98 Å². The molecule has 0 fully saturated rings. The summed E-state index contributed by atoms with van der Waals surface area (Å²) in [5.41, 5.74) is 0. The molecule has 7 heteroatoms.